The number of carbonyl (C=O) groups is 1. The van der Waals surface area contributed by atoms with Gasteiger partial charge in [-0.3, -0.25) is 0 Å². The van der Waals surface area contributed by atoms with Crippen molar-refractivity contribution in [2.75, 3.05) is 19.6 Å². The van der Waals surface area contributed by atoms with Gasteiger partial charge in [-0.2, -0.15) is 0 Å². The van der Waals surface area contributed by atoms with Crippen LogP contribution in [-0.2, 0) is 0 Å². The lowest BCUT2D eigenvalue weighted by Gasteiger charge is -2.34. The third-order valence-corrected chi connectivity index (χ3v) is 3.73. The molecule has 1 aromatic carbocycles. The number of benzene rings is 1. The zero-order valence-electron chi connectivity index (χ0n) is 11.8. The molecule has 1 unspecified atom stereocenters. The SMILES string of the molecule is CC(C)CN1CCCC(c2cccc(C(=O)O)c2)C1. The summed E-state index contributed by atoms with van der Waals surface area (Å²) >= 11 is 0. The van der Waals surface area contributed by atoms with E-state index in [-0.39, 0.29) is 0 Å². The summed E-state index contributed by atoms with van der Waals surface area (Å²) in [5.74, 6) is 0.326. The van der Waals surface area contributed by atoms with Crippen molar-refractivity contribution in [3.8, 4) is 0 Å². The molecule has 1 heterocycles. The predicted molar refractivity (Wildman–Crippen MR) is 76.7 cm³/mol. The average Bonchev–Trinajstić information content (AvgIpc) is 2.38. The lowest BCUT2D eigenvalue weighted by Crippen LogP contribution is -2.36. The van der Waals surface area contributed by atoms with Gasteiger partial charge in [0.25, 0.3) is 0 Å². The van der Waals surface area contributed by atoms with Crippen LogP contribution < -0.4 is 0 Å². The summed E-state index contributed by atoms with van der Waals surface area (Å²) < 4.78 is 0. The Balaban J connectivity index is 2.08. The summed E-state index contributed by atoms with van der Waals surface area (Å²) in [5, 5.41) is 9.07. The number of nitrogens with zero attached hydrogens (tertiary/aromatic N) is 1. The van der Waals surface area contributed by atoms with Gasteiger partial charge in [-0.15, -0.1) is 0 Å². The molecule has 0 bridgehead atoms. The number of rotatable bonds is 4. The highest BCUT2D eigenvalue weighted by Gasteiger charge is 2.22. The summed E-state index contributed by atoms with van der Waals surface area (Å²) in [7, 11) is 0. The van der Waals surface area contributed by atoms with Gasteiger partial charge in [0.05, 0.1) is 5.56 Å². The van der Waals surface area contributed by atoms with E-state index in [1.165, 1.54) is 18.5 Å². The molecule has 1 aliphatic heterocycles. The first-order valence-electron chi connectivity index (χ1n) is 7.12. The lowest BCUT2D eigenvalue weighted by atomic mass is 9.89. The molecule has 0 spiro atoms. The molecule has 3 nitrogen and oxygen atoms in total. The Hall–Kier alpha value is -1.35. The number of carboxylic acids is 1. The summed E-state index contributed by atoms with van der Waals surface area (Å²) in [4.78, 5) is 13.5. The smallest absolute Gasteiger partial charge is 0.335 e. The molecule has 1 aliphatic rings. The maximum absolute atomic E-state index is 11.0. The normalized spacial score (nSPS) is 20.7. The first-order valence-corrected chi connectivity index (χ1v) is 7.12. The van der Waals surface area contributed by atoms with Crippen LogP contribution in [0.15, 0.2) is 24.3 Å². The van der Waals surface area contributed by atoms with Crippen LogP contribution in [0.25, 0.3) is 0 Å². The molecule has 1 aromatic rings. The molecular formula is C16H23NO2. The standard InChI is InChI=1S/C16H23NO2/c1-12(2)10-17-8-4-7-15(11-17)13-5-3-6-14(9-13)16(18)19/h3,5-6,9,12,15H,4,7-8,10-11H2,1-2H3,(H,18,19). The van der Waals surface area contributed by atoms with Crippen molar-refractivity contribution < 1.29 is 9.90 Å². The molecule has 3 heteroatoms. The number of likely N-dealkylation sites (tertiary alicyclic amines) is 1. The number of hydrogen-bond acceptors (Lipinski definition) is 2. The predicted octanol–water partition coefficient (Wildman–Crippen LogP) is 3.22. The Morgan fingerprint density at radius 3 is 2.95 bits per heavy atom. The number of hydrogen-bond donors (Lipinski definition) is 1. The van der Waals surface area contributed by atoms with Crippen molar-refractivity contribution in [1.29, 1.82) is 0 Å². The Morgan fingerprint density at radius 2 is 2.26 bits per heavy atom. The number of piperidine rings is 1. The van der Waals surface area contributed by atoms with Crippen LogP contribution in [0, 0.1) is 5.92 Å². The molecule has 1 N–H and O–H groups in total. The Morgan fingerprint density at radius 1 is 1.47 bits per heavy atom. The summed E-state index contributed by atoms with van der Waals surface area (Å²) in [6.07, 6.45) is 2.37. The second kappa shape index (κ2) is 6.20. The van der Waals surface area contributed by atoms with E-state index in [1.807, 2.05) is 12.1 Å². The van der Waals surface area contributed by atoms with E-state index in [0.29, 0.717) is 17.4 Å². The molecular weight excluding hydrogens is 238 g/mol. The van der Waals surface area contributed by atoms with Gasteiger partial charge >= 0.3 is 5.97 Å². The quantitative estimate of drug-likeness (QED) is 0.904. The molecule has 0 saturated carbocycles. The van der Waals surface area contributed by atoms with Crippen molar-refractivity contribution in [2.24, 2.45) is 5.92 Å². The number of aromatic carboxylic acids is 1. The topological polar surface area (TPSA) is 40.5 Å². The van der Waals surface area contributed by atoms with Crippen molar-refractivity contribution in [3.63, 3.8) is 0 Å². The second-order valence-electron chi connectivity index (χ2n) is 5.92. The fourth-order valence-corrected chi connectivity index (χ4v) is 2.94. The van der Waals surface area contributed by atoms with E-state index in [2.05, 4.69) is 24.8 Å². The van der Waals surface area contributed by atoms with Crippen LogP contribution in [-0.4, -0.2) is 35.6 Å². The fraction of sp³-hybridized carbons (Fsp3) is 0.562. The molecule has 1 saturated heterocycles. The molecule has 0 aromatic heterocycles. The van der Waals surface area contributed by atoms with Crippen LogP contribution in [0.1, 0.15) is 48.5 Å². The summed E-state index contributed by atoms with van der Waals surface area (Å²) in [5.41, 5.74) is 1.58. The molecule has 0 radical (unpaired) electrons. The second-order valence-corrected chi connectivity index (χ2v) is 5.92. The van der Waals surface area contributed by atoms with Gasteiger partial charge in [-0.05, 0) is 48.9 Å². The Labute approximate surface area is 115 Å². The minimum atomic E-state index is -0.836. The van der Waals surface area contributed by atoms with Gasteiger partial charge in [0.2, 0.25) is 0 Å². The molecule has 0 amide bonds. The zero-order valence-corrected chi connectivity index (χ0v) is 11.8. The van der Waals surface area contributed by atoms with Gasteiger partial charge in [-0.25, -0.2) is 4.79 Å². The van der Waals surface area contributed by atoms with Crippen LogP contribution in [0.5, 0.6) is 0 Å². The van der Waals surface area contributed by atoms with Crippen LogP contribution in [0.4, 0.5) is 0 Å². The average molecular weight is 261 g/mol. The monoisotopic (exact) mass is 261 g/mol. The first-order chi connectivity index (χ1) is 9.06. The third kappa shape index (κ3) is 3.80. The molecule has 2 rings (SSSR count). The van der Waals surface area contributed by atoms with Gasteiger partial charge in [0, 0.05) is 13.1 Å². The van der Waals surface area contributed by atoms with E-state index < -0.39 is 5.97 Å². The zero-order chi connectivity index (χ0) is 13.8. The third-order valence-electron chi connectivity index (χ3n) is 3.73. The Bertz CT molecular complexity index is 442. The summed E-state index contributed by atoms with van der Waals surface area (Å²) in [6, 6.07) is 7.43. The van der Waals surface area contributed by atoms with E-state index in [4.69, 9.17) is 5.11 Å². The minimum Gasteiger partial charge on any atom is -0.478 e. The van der Waals surface area contributed by atoms with Crippen molar-refractivity contribution >= 4 is 5.97 Å². The first kappa shape index (κ1) is 14.1. The molecule has 1 atom stereocenters. The van der Waals surface area contributed by atoms with E-state index in [9.17, 15) is 4.79 Å². The van der Waals surface area contributed by atoms with E-state index >= 15 is 0 Å². The Kier molecular flexibility index (Phi) is 4.59. The van der Waals surface area contributed by atoms with Crippen molar-refractivity contribution in [3.05, 3.63) is 35.4 Å². The van der Waals surface area contributed by atoms with Crippen molar-refractivity contribution in [1.82, 2.24) is 4.90 Å². The van der Waals surface area contributed by atoms with Gasteiger partial charge in [-0.1, -0.05) is 26.0 Å². The highest BCUT2D eigenvalue weighted by molar-refractivity contribution is 5.87. The van der Waals surface area contributed by atoms with Crippen LogP contribution in [0.3, 0.4) is 0 Å². The highest BCUT2D eigenvalue weighted by atomic mass is 16.4. The number of carboxylic acid groups (broad SMARTS) is 1. The van der Waals surface area contributed by atoms with E-state index in [0.717, 1.165) is 19.5 Å². The maximum Gasteiger partial charge on any atom is 0.335 e. The maximum atomic E-state index is 11.0. The molecule has 104 valence electrons. The molecule has 0 aliphatic carbocycles. The highest BCUT2D eigenvalue weighted by Crippen LogP contribution is 2.27. The van der Waals surface area contributed by atoms with Gasteiger partial charge in [0.15, 0.2) is 0 Å². The minimum absolute atomic E-state index is 0.401. The van der Waals surface area contributed by atoms with Gasteiger partial charge < -0.3 is 10.0 Å². The largest absolute Gasteiger partial charge is 0.478 e. The van der Waals surface area contributed by atoms with Crippen molar-refractivity contribution in [2.45, 2.75) is 32.6 Å². The fourth-order valence-electron chi connectivity index (χ4n) is 2.94. The van der Waals surface area contributed by atoms with Crippen LogP contribution in [0.2, 0.25) is 0 Å². The van der Waals surface area contributed by atoms with Crippen LogP contribution >= 0.6 is 0 Å². The molecule has 19 heavy (non-hydrogen) atoms. The van der Waals surface area contributed by atoms with E-state index in [1.54, 1.807) is 6.07 Å². The lowest BCUT2D eigenvalue weighted by molar-refractivity contribution is 0.0696. The molecule has 1 fully saturated rings. The summed E-state index contributed by atoms with van der Waals surface area (Å²) in [6.45, 7) is 7.85. The van der Waals surface area contributed by atoms with Gasteiger partial charge in [0.1, 0.15) is 0 Å².